The first-order valence-corrected chi connectivity index (χ1v) is 10.4. The number of anilines is 1. The summed E-state index contributed by atoms with van der Waals surface area (Å²) in [5, 5.41) is 0.678. The zero-order valence-electron chi connectivity index (χ0n) is 16.1. The molecule has 0 saturated carbocycles. The van der Waals surface area contributed by atoms with Crippen LogP contribution in [0.4, 0.5) is 5.69 Å². The molecule has 2 amide bonds. The van der Waals surface area contributed by atoms with E-state index in [1.165, 1.54) is 4.90 Å². The number of hydrogen-bond donors (Lipinski definition) is 0. The largest absolute Gasteiger partial charge is 0.364 e. The molecule has 0 aliphatic carbocycles. The molecule has 2 heterocycles. The van der Waals surface area contributed by atoms with E-state index in [1.807, 2.05) is 35.2 Å². The van der Waals surface area contributed by atoms with Crippen LogP contribution in [0.3, 0.4) is 0 Å². The molecular formula is C22H21Cl2N3O2. The quantitative estimate of drug-likeness (QED) is 0.690. The summed E-state index contributed by atoms with van der Waals surface area (Å²) in [6.45, 7) is 6.22. The van der Waals surface area contributed by atoms with Gasteiger partial charge >= 0.3 is 0 Å². The number of rotatable bonds is 4. The summed E-state index contributed by atoms with van der Waals surface area (Å²) in [6.07, 6.45) is 0. The van der Waals surface area contributed by atoms with Gasteiger partial charge in [-0.1, -0.05) is 60.5 Å². The van der Waals surface area contributed by atoms with Crippen molar-refractivity contribution in [3.05, 3.63) is 69.8 Å². The minimum atomic E-state index is -0.340. The molecule has 5 nitrogen and oxygen atoms in total. The number of benzene rings is 2. The molecule has 2 aliphatic heterocycles. The smallest absolute Gasteiger partial charge is 0.282 e. The van der Waals surface area contributed by atoms with Crippen LogP contribution < -0.4 is 4.90 Å². The SMILES string of the molecule is CCN1CCN(C2=C(c3ccccc3)C(=O)N(c3ccc(Cl)c(Cl)c3)C2=O)CC1. The lowest BCUT2D eigenvalue weighted by Crippen LogP contribution is -2.47. The summed E-state index contributed by atoms with van der Waals surface area (Å²) in [5.74, 6) is -0.662. The third kappa shape index (κ3) is 3.66. The van der Waals surface area contributed by atoms with E-state index >= 15 is 0 Å². The van der Waals surface area contributed by atoms with Gasteiger partial charge in [0.1, 0.15) is 5.70 Å². The average Bonchev–Trinajstić information content (AvgIpc) is 3.01. The van der Waals surface area contributed by atoms with E-state index in [4.69, 9.17) is 23.2 Å². The Bertz CT molecular complexity index is 983. The monoisotopic (exact) mass is 429 g/mol. The second kappa shape index (κ2) is 8.19. The number of nitrogens with zero attached hydrogens (tertiary/aromatic N) is 3. The molecule has 2 aromatic rings. The molecule has 0 N–H and O–H groups in total. The first-order chi connectivity index (χ1) is 14.0. The lowest BCUT2D eigenvalue weighted by Gasteiger charge is -2.36. The van der Waals surface area contributed by atoms with Crippen molar-refractivity contribution >= 4 is 46.3 Å². The maximum atomic E-state index is 13.5. The number of halogens is 2. The van der Waals surface area contributed by atoms with E-state index in [1.54, 1.807) is 18.2 Å². The van der Waals surface area contributed by atoms with Crippen LogP contribution in [0, 0.1) is 0 Å². The van der Waals surface area contributed by atoms with Gasteiger partial charge in [0.25, 0.3) is 11.8 Å². The predicted octanol–water partition coefficient (Wildman–Crippen LogP) is 3.92. The van der Waals surface area contributed by atoms with E-state index in [0.717, 1.165) is 25.2 Å². The molecule has 0 bridgehead atoms. The van der Waals surface area contributed by atoms with E-state index in [2.05, 4.69) is 11.8 Å². The lowest BCUT2D eigenvalue weighted by atomic mass is 10.0. The first kappa shape index (κ1) is 20.0. The van der Waals surface area contributed by atoms with Gasteiger partial charge in [0.2, 0.25) is 0 Å². The van der Waals surface area contributed by atoms with Gasteiger partial charge in [-0.2, -0.15) is 0 Å². The zero-order valence-corrected chi connectivity index (χ0v) is 17.6. The Hall–Kier alpha value is -2.34. The Balaban J connectivity index is 1.77. The Labute approximate surface area is 180 Å². The van der Waals surface area contributed by atoms with E-state index in [-0.39, 0.29) is 11.8 Å². The van der Waals surface area contributed by atoms with Gasteiger partial charge in [0, 0.05) is 26.2 Å². The standard InChI is InChI=1S/C22H21Cl2N3O2/c1-2-25-10-12-26(13-11-25)20-19(15-6-4-3-5-7-15)21(28)27(22(20)29)16-8-9-17(23)18(24)14-16/h3-9,14H,2,10-13H2,1H3. The summed E-state index contributed by atoms with van der Waals surface area (Å²) < 4.78 is 0. The molecule has 4 rings (SSSR count). The van der Waals surface area contributed by atoms with E-state index < -0.39 is 0 Å². The van der Waals surface area contributed by atoms with Crippen LogP contribution in [0.1, 0.15) is 12.5 Å². The van der Waals surface area contributed by atoms with Gasteiger partial charge in [-0.15, -0.1) is 0 Å². The highest BCUT2D eigenvalue weighted by molar-refractivity contribution is 6.46. The van der Waals surface area contributed by atoms with Crippen LogP contribution in [0.15, 0.2) is 54.2 Å². The second-order valence-electron chi connectivity index (χ2n) is 7.06. The third-order valence-electron chi connectivity index (χ3n) is 5.42. The highest BCUT2D eigenvalue weighted by Crippen LogP contribution is 2.37. The first-order valence-electron chi connectivity index (χ1n) is 9.62. The van der Waals surface area contributed by atoms with Crippen molar-refractivity contribution < 1.29 is 9.59 Å². The molecule has 0 radical (unpaired) electrons. The molecular weight excluding hydrogens is 409 g/mol. The molecule has 0 atom stereocenters. The van der Waals surface area contributed by atoms with Crippen LogP contribution >= 0.6 is 23.2 Å². The maximum absolute atomic E-state index is 13.5. The number of piperazine rings is 1. The molecule has 2 aromatic carbocycles. The number of carbonyl (C=O) groups is 2. The van der Waals surface area contributed by atoms with Crippen LogP contribution in [0.5, 0.6) is 0 Å². The molecule has 0 spiro atoms. The van der Waals surface area contributed by atoms with Crippen molar-refractivity contribution in [3.8, 4) is 0 Å². The lowest BCUT2D eigenvalue weighted by molar-refractivity contribution is -0.120. The Morgan fingerprint density at radius 2 is 1.55 bits per heavy atom. The van der Waals surface area contributed by atoms with Gasteiger partial charge < -0.3 is 9.80 Å². The normalized spacial score (nSPS) is 18.2. The Morgan fingerprint density at radius 1 is 0.862 bits per heavy atom. The van der Waals surface area contributed by atoms with Crippen LogP contribution in [0.2, 0.25) is 10.0 Å². The summed E-state index contributed by atoms with van der Waals surface area (Å²) in [4.78, 5) is 32.4. The fourth-order valence-electron chi connectivity index (χ4n) is 3.82. The van der Waals surface area contributed by atoms with Gasteiger partial charge in [-0.25, -0.2) is 4.90 Å². The second-order valence-corrected chi connectivity index (χ2v) is 7.87. The molecule has 7 heteroatoms. The minimum Gasteiger partial charge on any atom is -0.364 e. The zero-order chi connectivity index (χ0) is 20.5. The average molecular weight is 430 g/mol. The van der Waals surface area contributed by atoms with Gasteiger partial charge in [-0.3, -0.25) is 9.59 Å². The minimum absolute atomic E-state index is 0.302. The number of likely N-dealkylation sites (N-methyl/N-ethyl adjacent to an activating group) is 1. The fraction of sp³-hybridized carbons (Fsp3) is 0.273. The number of amides is 2. The van der Waals surface area contributed by atoms with Gasteiger partial charge in [-0.05, 0) is 30.3 Å². The molecule has 0 unspecified atom stereocenters. The molecule has 150 valence electrons. The van der Waals surface area contributed by atoms with Crippen molar-refractivity contribution in [2.75, 3.05) is 37.6 Å². The van der Waals surface area contributed by atoms with Gasteiger partial charge in [0.05, 0.1) is 21.3 Å². The molecule has 1 saturated heterocycles. The van der Waals surface area contributed by atoms with Crippen LogP contribution in [0.25, 0.3) is 5.57 Å². The number of hydrogen-bond acceptors (Lipinski definition) is 4. The van der Waals surface area contributed by atoms with Crippen LogP contribution in [-0.4, -0.2) is 54.3 Å². The summed E-state index contributed by atoms with van der Waals surface area (Å²) in [6, 6.07) is 14.2. The highest BCUT2D eigenvalue weighted by atomic mass is 35.5. The highest BCUT2D eigenvalue weighted by Gasteiger charge is 2.43. The molecule has 2 aliphatic rings. The van der Waals surface area contributed by atoms with E-state index in [9.17, 15) is 9.59 Å². The van der Waals surface area contributed by atoms with Crippen molar-refractivity contribution in [1.82, 2.24) is 9.80 Å². The Morgan fingerprint density at radius 3 is 2.17 bits per heavy atom. The topological polar surface area (TPSA) is 43.9 Å². The molecule has 0 aromatic heterocycles. The van der Waals surface area contributed by atoms with Crippen molar-refractivity contribution in [2.24, 2.45) is 0 Å². The van der Waals surface area contributed by atoms with Crippen molar-refractivity contribution in [1.29, 1.82) is 0 Å². The predicted molar refractivity (Wildman–Crippen MR) is 116 cm³/mol. The van der Waals surface area contributed by atoms with Crippen molar-refractivity contribution in [3.63, 3.8) is 0 Å². The van der Waals surface area contributed by atoms with Crippen LogP contribution in [-0.2, 0) is 9.59 Å². The molecule has 1 fully saturated rings. The van der Waals surface area contributed by atoms with Gasteiger partial charge in [0.15, 0.2) is 0 Å². The fourth-order valence-corrected chi connectivity index (χ4v) is 4.12. The molecule has 29 heavy (non-hydrogen) atoms. The Kier molecular flexibility index (Phi) is 5.63. The van der Waals surface area contributed by atoms with E-state index in [0.29, 0.717) is 40.1 Å². The van der Waals surface area contributed by atoms with Crippen molar-refractivity contribution in [2.45, 2.75) is 6.92 Å². The summed E-state index contributed by atoms with van der Waals surface area (Å²) in [7, 11) is 0. The summed E-state index contributed by atoms with van der Waals surface area (Å²) >= 11 is 12.2. The number of imide groups is 1. The third-order valence-corrected chi connectivity index (χ3v) is 6.16. The maximum Gasteiger partial charge on any atom is 0.282 e. The number of carbonyl (C=O) groups excluding carboxylic acids is 2. The summed E-state index contributed by atoms with van der Waals surface area (Å²) in [5.41, 5.74) is 2.06.